The third-order valence-electron chi connectivity index (χ3n) is 9.19. The number of cyclic esters (lactones) is 1. The van der Waals surface area contributed by atoms with Crippen LogP contribution in [0.3, 0.4) is 0 Å². The first-order chi connectivity index (χ1) is 16.5. The fourth-order valence-electron chi connectivity index (χ4n) is 7.63. The van der Waals surface area contributed by atoms with Crippen molar-refractivity contribution in [2.75, 3.05) is 6.61 Å². The first kappa shape index (κ1) is 25.6. The van der Waals surface area contributed by atoms with E-state index in [9.17, 15) is 24.0 Å². The second kappa shape index (κ2) is 8.86. The number of fused-ring (bicyclic) bond motifs is 2. The van der Waals surface area contributed by atoms with Crippen LogP contribution < -0.4 is 0 Å². The normalized spacial score (nSPS) is 39.5. The van der Waals surface area contributed by atoms with Gasteiger partial charge in [0, 0.05) is 25.2 Å². The highest BCUT2D eigenvalue weighted by Crippen LogP contribution is 2.68. The zero-order chi connectivity index (χ0) is 25.8. The first-order valence-corrected chi connectivity index (χ1v) is 12.7. The molecule has 4 rings (SSSR count). The van der Waals surface area contributed by atoms with Gasteiger partial charge in [0.1, 0.15) is 25.1 Å². The van der Waals surface area contributed by atoms with Crippen LogP contribution in [0.4, 0.5) is 0 Å². The van der Waals surface area contributed by atoms with Crippen LogP contribution >= 0.6 is 0 Å². The zero-order valence-corrected chi connectivity index (χ0v) is 21.1. The molecule has 0 amide bonds. The fourth-order valence-corrected chi connectivity index (χ4v) is 7.63. The Bertz CT molecular complexity index is 966. The maximum atomic E-state index is 13.9. The number of carbonyl (C=O) groups excluding carboxylic acids is 5. The molecule has 3 aliphatic carbocycles. The molecule has 3 saturated carbocycles. The number of ether oxygens (including phenoxy) is 3. The van der Waals surface area contributed by atoms with Crippen molar-refractivity contribution >= 4 is 30.0 Å². The van der Waals surface area contributed by atoms with Crippen molar-refractivity contribution in [3.05, 3.63) is 12.2 Å². The Kier molecular flexibility index (Phi) is 6.47. The molecule has 4 aliphatic rings. The smallest absolute Gasteiger partial charge is 0.324 e. The number of unbranched alkanes of at least 4 members (excludes halogenated alkanes) is 1. The minimum atomic E-state index is -1.78. The van der Waals surface area contributed by atoms with Gasteiger partial charge in [-0.2, -0.15) is 0 Å². The van der Waals surface area contributed by atoms with E-state index in [1.807, 2.05) is 20.8 Å². The minimum Gasteiger partial charge on any atom is -0.464 e. The van der Waals surface area contributed by atoms with Crippen molar-refractivity contribution in [1.82, 2.24) is 0 Å². The fraction of sp³-hybridized carbons (Fsp3) is 0.741. The van der Waals surface area contributed by atoms with Crippen molar-refractivity contribution in [2.45, 2.75) is 84.8 Å². The molecule has 0 aromatic heterocycles. The number of carbonyl (C=O) groups is 5. The predicted molar refractivity (Wildman–Crippen MR) is 124 cm³/mol. The monoisotopic (exact) mass is 488 g/mol. The van der Waals surface area contributed by atoms with Crippen molar-refractivity contribution in [2.24, 2.45) is 34.0 Å². The Morgan fingerprint density at radius 3 is 2.51 bits per heavy atom. The van der Waals surface area contributed by atoms with Gasteiger partial charge in [-0.05, 0) is 49.0 Å². The van der Waals surface area contributed by atoms with Crippen LogP contribution in [0, 0.1) is 34.0 Å². The molecule has 0 N–H and O–H groups in total. The third-order valence-corrected chi connectivity index (χ3v) is 9.19. The van der Waals surface area contributed by atoms with Gasteiger partial charge in [-0.25, -0.2) is 0 Å². The van der Waals surface area contributed by atoms with Crippen LogP contribution in [0.2, 0.25) is 0 Å². The zero-order valence-electron chi connectivity index (χ0n) is 21.1. The molecule has 1 saturated heterocycles. The SMILES string of the molecule is C=C1C(=O)[C@@]23C(=O)OC[C@]4([C@@H](OC(C)=O)CCC(C)(C)[C@H]4C=O)[C@@H]2CC[C@@H]1[C@H]3OC(=O)CCCC. The lowest BCUT2D eigenvalue weighted by atomic mass is 9.43. The molecular weight excluding hydrogens is 452 g/mol. The number of Topliss-reactive ketones (excluding diaryl/α,β-unsaturated/α-hetero) is 1. The Balaban J connectivity index is 1.89. The second-order valence-electron chi connectivity index (χ2n) is 11.4. The first-order valence-electron chi connectivity index (χ1n) is 12.7. The van der Waals surface area contributed by atoms with Crippen molar-refractivity contribution in [3.8, 4) is 0 Å². The quantitative estimate of drug-likeness (QED) is 0.184. The molecule has 2 bridgehead atoms. The molecule has 1 aliphatic heterocycles. The maximum absolute atomic E-state index is 13.9. The lowest BCUT2D eigenvalue weighted by Crippen LogP contribution is -2.71. The van der Waals surface area contributed by atoms with E-state index in [2.05, 4.69) is 6.58 Å². The van der Waals surface area contributed by atoms with Crippen LogP contribution in [0.5, 0.6) is 0 Å². The van der Waals surface area contributed by atoms with E-state index in [1.54, 1.807) is 0 Å². The van der Waals surface area contributed by atoms with Crippen LogP contribution in [-0.4, -0.2) is 48.8 Å². The lowest BCUT2D eigenvalue weighted by Gasteiger charge is -2.62. The summed E-state index contributed by atoms with van der Waals surface area (Å²) in [7, 11) is 0. The number of rotatable bonds is 6. The number of ketones is 1. The van der Waals surface area contributed by atoms with Gasteiger partial charge in [-0.15, -0.1) is 0 Å². The minimum absolute atomic E-state index is 0.135. The summed E-state index contributed by atoms with van der Waals surface area (Å²) in [6, 6.07) is 0. The van der Waals surface area contributed by atoms with Gasteiger partial charge < -0.3 is 19.0 Å². The number of hydrogen-bond acceptors (Lipinski definition) is 8. The Morgan fingerprint density at radius 1 is 1.17 bits per heavy atom. The summed E-state index contributed by atoms with van der Waals surface area (Å²) >= 11 is 0. The molecule has 1 heterocycles. The average molecular weight is 489 g/mol. The van der Waals surface area contributed by atoms with Crippen molar-refractivity contribution in [1.29, 1.82) is 0 Å². The Morgan fingerprint density at radius 2 is 1.89 bits per heavy atom. The molecule has 8 heteroatoms. The largest absolute Gasteiger partial charge is 0.464 e. The van der Waals surface area contributed by atoms with Gasteiger partial charge in [-0.1, -0.05) is 33.8 Å². The molecule has 0 unspecified atom stereocenters. The van der Waals surface area contributed by atoms with Crippen molar-refractivity contribution in [3.63, 3.8) is 0 Å². The molecule has 192 valence electrons. The summed E-state index contributed by atoms with van der Waals surface area (Å²) in [5, 5.41) is 0. The average Bonchev–Trinajstić information content (AvgIpc) is 2.91. The highest BCUT2D eigenvalue weighted by molar-refractivity contribution is 6.16. The van der Waals surface area contributed by atoms with E-state index in [1.165, 1.54) is 6.92 Å². The molecule has 7 atom stereocenters. The predicted octanol–water partition coefficient (Wildman–Crippen LogP) is 3.35. The van der Waals surface area contributed by atoms with Crippen LogP contribution in [-0.2, 0) is 38.2 Å². The van der Waals surface area contributed by atoms with Gasteiger partial charge >= 0.3 is 17.9 Å². The Labute approximate surface area is 206 Å². The molecule has 0 aromatic rings. The van der Waals surface area contributed by atoms with Gasteiger partial charge in [0.05, 0.1) is 5.41 Å². The van der Waals surface area contributed by atoms with Gasteiger partial charge in [0.2, 0.25) is 0 Å². The summed E-state index contributed by atoms with van der Waals surface area (Å²) in [5.41, 5.74) is -3.11. The molecule has 0 radical (unpaired) electrons. The van der Waals surface area contributed by atoms with Gasteiger partial charge in [0.25, 0.3) is 0 Å². The lowest BCUT2D eigenvalue weighted by molar-refractivity contribution is -0.252. The van der Waals surface area contributed by atoms with Crippen LogP contribution in [0.1, 0.15) is 72.6 Å². The summed E-state index contributed by atoms with van der Waals surface area (Å²) in [6.07, 6.45) is 2.75. The van der Waals surface area contributed by atoms with Crippen LogP contribution in [0.15, 0.2) is 12.2 Å². The van der Waals surface area contributed by atoms with Crippen LogP contribution in [0.25, 0.3) is 0 Å². The van der Waals surface area contributed by atoms with Gasteiger partial charge in [0.15, 0.2) is 11.2 Å². The van der Waals surface area contributed by atoms with Gasteiger partial charge in [-0.3, -0.25) is 19.2 Å². The highest BCUT2D eigenvalue weighted by Gasteiger charge is 2.79. The number of hydrogen-bond donors (Lipinski definition) is 0. The molecule has 35 heavy (non-hydrogen) atoms. The topological polar surface area (TPSA) is 113 Å². The van der Waals surface area contributed by atoms with E-state index < -0.39 is 69.9 Å². The molecule has 0 aromatic carbocycles. The molecule has 2 spiro atoms. The molecular formula is C27H36O8. The summed E-state index contributed by atoms with van der Waals surface area (Å²) in [5.74, 6) is -3.99. The highest BCUT2D eigenvalue weighted by atomic mass is 16.6. The summed E-state index contributed by atoms with van der Waals surface area (Å²) < 4.78 is 17.5. The van der Waals surface area contributed by atoms with E-state index in [4.69, 9.17) is 14.2 Å². The maximum Gasteiger partial charge on any atom is 0.324 e. The summed E-state index contributed by atoms with van der Waals surface area (Å²) in [6.45, 7) is 11.1. The van der Waals surface area contributed by atoms with E-state index in [0.717, 1.165) is 12.7 Å². The standard InChI is InChI=1S/C27H36O8/c1-6-7-8-21(30)35-23-17-9-10-18-26(14-33-24(32)27(18,23)22(31)15(17)2)19(13-28)25(4,5)12-11-20(26)34-16(3)29/h13,17-20,23H,2,6-12,14H2,1,3-5H3/t17-,18-,19+,20-,23+,26-,27-/m0/s1. The van der Waals surface area contributed by atoms with E-state index >= 15 is 0 Å². The summed E-state index contributed by atoms with van der Waals surface area (Å²) in [4.78, 5) is 65.1. The second-order valence-corrected chi connectivity index (χ2v) is 11.4. The van der Waals surface area contributed by atoms with E-state index in [0.29, 0.717) is 32.1 Å². The molecule has 4 fully saturated rings. The van der Waals surface area contributed by atoms with Crippen molar-refractivity contribution < 1.29 is 38.2 Å². The van der Waals surface area contributed by atoms with E-state index in [-0.39, 0.29) is 18.6 Å². The number of aldehydes is 1. The number of esters is 3. The Hall–Kier alpha value is -2.51. The third kappa shape index (κ3) is 3.50. The molecule has 8 nitrogen and oxygen atoms in total.